The summed E-state index contributed by atoms with van der Waals surface area (Å²) in [7, 11) is 0. The molecule has 0 aromatic heterocycles. The van der Waals surface area contributed by atoms with Crippen LogP contribution in [0.2, 0.25) is 0 Å². The van der Waals surface area contributed by atoms with Gasteiger partial charge >= 0.3 is 0 Å². The molecule has 0 saturated carbocycles. The van der Waals surface area contributed by atoms with Gasteiger partial charge in [0.2, 0.25) is 0 Å². The first-order valence-corrected chi connectivity index (χ1v) is 6.52. The number of ether oxygens (including phenoxy) is 1. The maximum Gasteiger partial charge on any atom is 0.0740 e. The van der Waals surface area contributed by atoms with Gasteiger partial charge in [0, 0.05) is 23.3 Å². The van der Waals surface area contributed by atoms with Gasteiger partial charge in [0.15, 0.2) is 0 Å². The number of nitrogens with one attached hydrogen (secondary N) is 1. The molecular formula is C14H20N2O. The lowest BCUT2D eigenvalue weighted by molar-refractivity contribution is 0.00944. The highest BCUT2D eigenvalue weighted by Crippen LogP contribution is 2.29. The molecular weight excluding hydrogens is 212 g/mol. The lowest BCUT2D eigenvalue weighted by Gasteiger charge is -2.29. The van der Waals surface area contributed by atoms with E-state index < -0.39 is 0 Å². The molecule has 92 valence electrons. The smallest absolute Gasteiger partial charge is 0.0740 e. The van der Waals surface area contributed by atoms with Crippen molar-refractivity contribution >= 4 is 5.69 Å². The van der Waals surface area contributed by atoms with Crippen LogP contribution in [0.25, 0.3) is 0 Å². The molecule has 3 rings (SSSR count). The van der Waals surface area contributed by atoms with E-state index in [9.17, 15) is 0 Å². The summed E-state index contributed by atoms with van der Waals surface area (Å²) >= 11 is 0. The van der Waals surface area contributed by atoms with E-state index in [0.717, 1.165) is 24.1 Å². The van der Waals surface area contributed by atoms with Crippen molar-refractivity contribution in [3.8, 4) is 0 Å². The zero-order valence-electron chi connectivity index (χ0n) is 10.1. The first kappa shape index (κ1) is 11.1. The van der Waals surface area contributed by atoms with Crippen LogP contribution in [0.5, 0.6) is 0 Å². The Bertz CT molecular complexity index is 382. The number of hydrogen-bond donors (Lipinski definition) is 2. The third kappa shape index (κ3) is 2.45. The van der Waals surface area contributed by atoms with Crippen LogP contribution in [0.4, 0.5) is 5.69 Å². The van der Waals surface area contributed by atoms with Gasteiger partial charge in [0.25, 0.3) is 0 Å². The van der Waals surface area contributed by atoms with Crippen molar-refractivity contribution < 1.29 is 4.74 Å². The van der Waals surface area contributed by atoms with Crippen molar-refractivity contribution in [3.63, 3.8) is 0 Å². The van der Waals surface area contributed by atoms with Crippen molar-refractivity contribution in [2.75, 3.05) is 5.73 Å². The average Bonchev–Trinajstić information content (AvgIpc) is 2.68. The first-order valence-electron chi connectivity index (χ1n) is 6.52. The second-order valence-corrected chi connectivity index (χ2v) is 5.24. The summed E-state index contributed by atoms with van der Waals surface area (Å²) in [4.78, 5) is 0. The summed E-state index contributed by atoms with van der Waals surface area (Å²) in [5.74, 6) is 0. The fourth-order valence-corrected chi connectivity index (χ4v) is 3.01. The molecule has 2 unspecified atom stereocenters. The van der Waals surface area contributed by atoms with Crippen molar-refractivity contribution in [1.82, 2.24) is 5.32 Å². The Kier molecular flexibility index (Phi) is 3.04. The highest BCUT2D eigenvalue weighted by atomic mass is 16.5. The van der Waals surface area contributed by atoms with Crippen molar-refractivity contribution in [3.05, 3.63) is 29.8 Å². The minimum Gasteiger partial charge on any atom is -0.398 e. The van der Waals surface area contributed by atoms with E-state index in [1.165, 1.54) is 12.8 Å². The van der Waals surface area contributed by atoms with E-state index >= 15 is 0 Å². The van der Waals surface area contributed by atoms with Crippen molar-refractivity contribution in [2.24, 2.45) is 0 Å². The molecule has 0 radical (unpaired) electrons. The normalized spacial score (nSPS) is 31.6. The molecule has 17 heavy (non-hydrogen) atoms. The Morgan fingerprint density at radius 2 is 1.88 bits per heavy atom. The van der Waals surface area contributed by atoms with Crippen LogP contribution >= 0.6 is 0 Å². The topological polar surface area (TPSA) is 47.3 Å². The average molecular weight is 232 g/mol. The molecule has 2 bridgehead atoms. The zero-order valence-corrected chi connectivity index (χ0v) is 10.1. The molecule has 3 heteroatoms. The maximum absolute atomic E-state index is 6.01. The first-order chi connectivity index (χ1) is 8.31. The van der Waals surface area contributed by atoms with Gasteiger partial charge in [-0.2, -0.15) is 0 Å². The Balaban J connectivity index is 1.56. The highest BCUT2D eigenvalue weighted by molar-refractivity contribution is 5.45. The maximum atomic E-state index is 6.01. The van der Waals surface area contributed by atoms with Gasteiger partial charge in [-0.3, -0.25) is 0 Å². The van der Waals surface area contributed by atoms with Gasteiger partial charge in [-0.15, -0.1) is 0 Å². The lowest BCUT2D eigenvalue weighted by atomic mass is 10.0. The quantitative estimate of drug-likeness (QED) is 0.784. The minimum absolute atomic E-state index is 0.411. The van der Waals surface area contributed by atoms with Crippen LogP contribution < -0.4 is 11.1 Å². The van der Waals surface area contributed by atoms with E-state index in [-0.39, 0.29) is 0 Å². The third-order valence-electron chi connectivity index (χ3n) is 3.96. The SMILES string of the molecule is Nc1ccccc1COC1CC2CCC(C1)N2. The molecule has 0 amide bonds. The lowest BCUT2D eigenvalue weighted by Crippen LogP contribution is -2.41. The number of piperidine rings is 1. The molecule has 3 nitrogen and oxygen atoms in total. The molecule has 1 aromatic carbocycles. The van der Waals surface area contributed by atoms with Crippen LogP contribution in [0.1, 0.15) is 31.2 Å². The zero-order chi connectivity index (χ0) is 11.7. The fourth-order valence-electron chi connectivity index (χ4n) is 3.01. The molecule has 2 heterocycles. The van der Waals surface area contributed by atoms with Gasteiger partial charge in [-0.1, -0.05) is 18.2 Å². The van der Waals surface area contributed by atoms with Crippen molar-refractivity contribution in [1.29, 1.82) is 0 Å². The Hall–Kier alpha value is -1.06. The number of nitrogens with two attached hydrogens (primary N) is 1. The predicted octanol–water partition coefficient (Wildman–Crippen LogP) is 2.07. The fraction of sp³-hybridized carbons (Fsp3) is 0.571. The van der Waals surface area contributed by atoms with E-state index in [1.807, 2.05) is 24.3 Å². The highest BCUT2D eigenvalue weighted by Gasteiger charge is 2.33. The van der Waals surface area contributed by atoms with Gasteiger partial charge in [0.05, 0.1) is 12.7 Å². The van der Waals surface area contributed by atoms with Gasteiger partial charge in [-0.05, 0) is 31.7 Å². The van der Waals surface area contributed by atoms with Gasteiger partial charge in [0.1, 0.15) is 0 Å². The Labute approximate surface area is 102 Å². The standard InChI is InChI=1S/C14H20N2O/c15-14-4-2-1-3-10(14)9-17-13-7-11-5-6-12(8-13)16-11/h1-4,11-13,16H,5-9,15H2. The number of hydrogen-bond acceptors (Lipinski definition) is 3. The number of nitrogen functional groups attached to an aromatic ring is 1. The number of fused-ring (bicyclic) bond motifs is 2. The summed E-state index contributed by atoms with van der Waals surface area (Å²) < 4.78 is 6.01. The second-order valence-electron chi connectivity index (χ2n) is 5.24. The summed E-state index contributed by atoms with van der Waals surface area (Å²) in [6, 6.07) is 9.33. The monoisotopic (exact) mass is 232 g/mol. The Morgan fingerprint density at radius 3 is 2.59 bits per heavy atom. The van der Waals surface area contributed by atoms with E-state index in [1.54, 1.807) is 0 Å². The van der Waals surface area contributed by atoms with Crippen molar-refractivity contribution in [2.45, 2.75) is 50.5 Å². The number of rotatable bonds is 3. The van der Waals surface area contributed by atoms with E-state index in [4.69, 9.17) is 10.5 Å². The van der Waals surface area contributed by atoms with Gasteiger partial charge in [-0.25, -0.2) is 0 Å². The molecule has 2 aliphatic heterocycles. The second kappa shape index (κ2) is 4.67. The van der Waals surface area contributed by atoms with Crippen LogP contribution in [0.15, 0.2) is 24.3 Å². The number of anilines is 1. The van der Waals surface area contributed by atoms with Crippen LogP contribution in [0, 0.1) is 0 Å². The molecule has 0 aliphatic carbocycles. The summed E-state index contributed by atoms with van der Waals surface area (Å²) in [6.45, 7) is 0.650. The van der Waals surface area contributed by atoms with E-state index in [2.05, 4.69) is 5.32 Å². The minimum atomic E-state index is 0.411. The van der Waals surface area contributed by atoms with Crippen LogP contribution in [-0.2, 0) is 11.3 Å². The molecule has 0 spiro atoms. The number of benzene rings is 1. The molecule has 2 aliphatic rings. The third-order valence-corrected chi connectivity index (χ3v) is 3.96. The largest absolute Gasteiger partial charge is 0.398 e. The number of para-hydroxylation sites is 1. The van der Waals surface area contributed by atoms with Crippen LogP contribution in [-0.4, -0.2) is 18.2 Å². The van der Waals surface area contributed by atoms with Crippen LogP contribution in [0.3, 0.4) is 0 Å². The van der Waals surface area contributed by atoms with Gasteiger partial charge < -0.3 is 15.8 Å². The molecule has 3 N–H and O–H groups in total. The van der Waals surface area contributed by atoms with E-state index in [0.29, 0.717) is 24.8 Å². The summed E-state index contributed by atoms with van der Waals surface area (Å²) in [5, 5.41) is 3.63. The Morgan fingerprint density at radius 1 is 1.18 bits per heavy atom. The summed E-state index contributed by atoms with van der Waals surface area (Å²) in [5.41, 5.74) is 7.86. The molecule has 2 fully saturated rings. The molecule has 1 aromatic rings. The summed E-state index contributed by atoms with van der Waals surface area (Å²) in [6.07, 6.45) is 5.36. The molecule has 2 atom stereocenters. The predicted molar refractivity (Wildman–Crippen MR) is 68.6 cm³/mol. The molecule has 2 saturated heterocycles.